The number of hydrogen-bond acceptors (Lipinski definition) is 1. The van der Waals surface area contributed by atoms with Crippen molar-refractivity contribution in [2.45, 2.75) is 20.8 Å². The van der Waals surface area contributed by atoms with Gasteiger partial charge in [-0.3, -0.25) is 0 Å². The first-order valence-corrected chi connectivity index (χ1v) is 3.27. The van der Waals surface area contributed by atoms with Gasteiger partial charge in [-0.1, -0.05) is 5.57 Å². The molecule has 0 aromatic heterocycles. The van der Waals surface area contributed by atoms with Crippen molar-refractivity contribution < 1.29 is 4.39 Å². The second kappa shape index (κ2) is 4.09. The number of halogens is 1. The maximum atomic E-state index is 12.8. The van der Waals surface area contributed by atoms with Crippen LogP contribution in [0.25, 0.3) is 0 Å². The summed E-state index contributed by atoms with van der Waals surface area (Å²) in [7, 11) is 1.70. The van der Waals surface area contributed by atoms with Crippen molar-refractivity contribution in [2.75, 3.05) is 7.05 Å². The molecule has 0 saturated carbocycles. The smallest absolute Gasteiger partial charge is 0.141 e. The van der Waals surface area contributed by atoms with Gasteiger partial charge >= 0.3 is 0 Å². The highest BCUT2D eigenvalue weighted by Crippen LogP contribution is 2.06. The fraction of sp³-hybridized carbons (Fsp3) is 0.500. The molecule has 0 aromatic carbocycles. The summed E-state index contributed by atoms with van der Waals surface area (Å²) in [6.45, 7) is 5.43. The molecule has 0 atom stereocenters. The van der Waals surface area contributed by atoms with Gasteiger partial charge < -0.3 is 5.32 Å². The first-order valence-electron chi connectivity index (χ1n) is 3.27. The Kier molecular flexibility index (Phi) is 3.77. The number of allylic oxidation sites excluding steroid dienone is 4. The van der Waals surface area contributed by atoms with Crippen LogP contribution in [0.1, 0.15) is 20.8 Å². The van der Waals surface area contributed by atoms with E-state index in [0.29, 0.717) is 5.70 Å². The van der Waals surface area contributed by atoms with Gasteiger partial charge in [-0.05, 0) is 26.8 Å². The third-order valence-corrected chi connectivity index (χ3v) is 1.15. The minimum absolute atomic E-state index is 0.192. The summed E-state index contributed by atoms with van der Waals surface area (Å²) in [5, 5.41) is 2.73. The van der Waals surface area contributed by atoms with Crippen LogP contribution >= 0.6 is 0 Å². The summed E-state index contributed by atoms with van der Waals surface area (Å²) in [6.07, 6.45) is 1.51. The fourth-order valence-corrected chi connectivity index (χ4v) is 0.481. The van der Waals surface area contributed by atoms with E-state index < -0.39 is 0 Å². The van der Waals surface area contributed by atoms with Gasteiger partial charge in [0, 0.05) is 12.7 Å². The predicted octanol–water partition coefficient (Wildman–Crippen LogP) is 2.37. The molecular weight excluding hydrogens is 129 g/mol. The molecule has 0 aliphatic heterocycles. The highest BCUT2D eigenvalue weighted by Gasteiger charge is 1.93. The maximum Gasteiger partial charge on any atom is 0.141 e. The lowest BCUT2D eigenvalue weighted by Gasteiger charge is -1.98. The summed E-state index contributed by atoms with van der Waals surface area (Å²) in [5.41, 5.74) is 1.54. The van der Waals surface area contributed by atoms with Gasteiger partial charge in [0.1, 0.15) is 5.83 Å². The Bertz CT molecular complexity index is 164. The molecule has 0 radical (unpaired) electrons. The Morgan fingerprint density at radius 1 is 1.30 bits per heavy atom. The lowest BCUT2D eigenvalue weighted by Crippen LogP contribution is -2.02. The van der Waals surface area contributed by atoms with Crippen LogP contribution in [-0.2, 0) is 0 Å². The van der Waals surface area contributed by atoms with Crippen LogP contribution in [0, 0.1) is 0 Å². The van der Waals surface area contributed by atoms with E-state index in [1.165, 1.54) is 6.08 Å². The Morgan fingerprint density at radius 2 is 1.80 bits per heavy atom. The zero-order valence-corrected chi connectivity index (χ0v) is 6.96. The van der Waals surface area contributed by atoms with Crippen LogP contribution < -0.4 is 5.32 Å². The molecule has 0 aromatic rings. The highest BCUT2D eigenvalue weighted by atomic mass is 19.1. The van der Waals surface area contributed by atoms with E-state index in [9.17, 15) is 4.39 Å². The fourth-order valence-electron chi connectivity index (χ4n) is 0.481. The van der Waals surface area contributed by atoms with Crippen LogP contribution in [0.5, 0.6) is 0 Å². The molecule has 10 heavy (non-hydrogen) atoms. The molecule has 2 heteroatoms. The number of rotatable bonds is 2. The Balaban J connectivity index is 4.33. The van der Waals surface area contributed by atoms with Gasteiger partial charge in [-0.15, -0.1) is 0 Å². The van der Waals surface area contributed by atoms with E-state index >= 15 is 0 Å². The molecule has 0 spiro atoms. The molecule has 0 rings (SSSR count). The molecule has 58 valence electrons. The Hall–Kier alpha value is -0.790. The average Bonchev–Trinajstić information content (AvgIpc) is 1.85. The SMILES string of the molecule is CN/C(C)=C(\F)C=C(C)C. The Morgan fingerprint density at radius 3 is 2.10 bits per heavy atom. The molecule has 0 saturated heterocycles. The molecule has 0 amide bonds. The van der Waals surface area contributed by atoms with E-state index in [-0.39, 0.29) is 5.83 Å². The summed E-state index contributed by atoms with van der Waals surface area (Å²) in [4.78, 5) is 0. The van der Waals surface area contributed by atoms with Crippen LogP contribution in [0.4, 0.5) is 4.39 Å². The zero-order valence-electron chi connectivity index (χ0n) is 6.96. The third kappa shape index (κ3) is 3.28. The Labute approximate surface area is 61.6 Å². The van der Waals surface area contributed by atoms with E-state index in [1.807, 2.05) is 13.8 Å². The largest absolute Gasteiger partial charge is 0.389 e. The number of nitrogens with one attached hydrogen (secondary N) is 1. The average molecular weight is 143 g/mol. The lowest BCUT2D eigenvalue weighted by atomic mass is 10.3. The van der Waals surface area contributed by atoms with E-state index in [4.69, 9.17) is 0 Å². The van der Waals surface area contributed by atoms with Crippen LogP contribution in [-0.4, -0.2) is 7.05 Å². The van der Waals surface area contributed by atoms with Crippen LogP contribution in [0.3, 0.4) is 0 Å². The van der Waals surface area contributed by atoms with Gasteiger partial charge in [-0.25, -0.2) is 4.39 Å². The van der Waals surface area contributed by atoms with Gasteiger partial charge in [0.05, 0.1) is 0 Å². The summed E-state index contributed by atoms with van der Waals surface area (Å²) < 4.78 is 12.8. The third-order valence-electron chi connectivity index (χ3n) is 1.15. The van der Waals surface area contributed by atoms with E-state index in [0.717, 1.165) is 5.57 Å². The first kappa shape index (κ1) is 9.21. The minimum atomic E-state index is -0.192. The maximum absolute atomic E-state index is 12.8. The molecule has 1 N–H and O–H groups in total. The molecule has 0 aliphatic rings. The molecule has 1 nitrogen and oxygen atoms in total. The van der Waals surface area contributed by atoms with Crippen molar-refractivity contribution in [3.8, 4) is 0 Å². The van der Waals surface area contributed by atoms with Crippen LogP contribution in [0.15, 0.2) is 23.2 Å². The lowest BCUT2D eigenvalue weighted by molar-refractivity contribution is 0.639. The molecule has 0 fully saturated rings. The monoisotopic (exact) mass is 143 g/mol. The first-order chi connectivity index (χ1) is 4.57. The quantitative estimate of drug-likeness (QED) is 0.585. The zero-order chi connectivity index (χ0) is 8.15. The minimum Gasteiger partial charge on any atom is -0.389 e. The molecule has 0 unspecified atom stereocenters. The van der Waals surface area contributed by atoms with Gasteiger partial charge in [-0.2, -0.15) is 0 Å². The topological polar surface area (TPSA) is 12.0 Å². The van der Waals surface area contributed by atoms with E-state index in [2.05, 4.69) is 5.32 Å². The van der Waals surface area contributed by atoms with Crippen molar-refractivity contribution in [1.82, 2.24) is 5.32 Å². The van der Waals surface area contributed by atoms with Crippen molar-refractivity contribution in [1.29, 1.82) is 0 Å². The second-order valence-corrected chi connectivity index (χ2v) is 2.44. The van der Waals surface area contributed by atoms with Crippen molar-refractivity contribution >= 4 is 0 Å². The van der Waals surface area contributed by atoms with Crippen molar-refractivity contribution in [3.63, 3.8) is 0 Å². The highest BCUT2D eigenvalue weighted by molar-refractivity contribution is 5.19. The normalized spacial score (nSPS) is 12.1. The number of hydrogen-bond donors (Lipinski definition) is 1. The van der Waals surface area contributed by atoms with Crippen molar-refractivity contribution in [3.05, 3.63) is 23.2 Å². The molecule has 0 aliphatic carbocycles. The second-order valence-electron chi connectivity index (χ2n) is 2.44. The van der Waals surface area contributed by atoms with Crippen LogP contribution in [0.2, 0.25) is 0 Å². The summed E-state index contributed by atoms with van der Waals surface area (Å²) >= 11 is 0. The standard InChI is InChI=1S/C8H14FN/c1-6(2)5-8(9)7(3)10-4/h5,10H,1-4H3/b8-7-. The predicted molar refractivity (Wildman–Crippen MR) is 42.3 cm³/mol. The van der Waals surface area contributed by atoms with E-state index in [1.54, 1.807) is 14.0 Å². The molecule has 0 heterocycles. The van der Waals surface area contributed by atoms with Crippen molar-refractivity contribution in [2.24, 2.45) is 0 Å². The van der Waals surface area contributed by atoms with Gasteiger partial charge in [0.25, 0.3) is 0 Å². The summed E-state index contributed by atoms with van der Waals surface area (Å²) in [5.74, 6) is -0.192. The summed E-state index contributed by atoms with van der Waals surface area (Å²) in [6, 6.07) is 0. The van der Waals surface area contributed by atoms with Gasteiger partial charge in [0.15, 0.2) is 0 Å². The molecular formula is C8H14FN. The van der Waals surface area contributed by atoms with Gasteiger partial charge in [0.2, 0.25) is 0 Å². The molecule has 0 bridgehead atoms.